The van der Waals surface area contributed by atoms with E-state index < -0.39 is 23.1 Å². The van der Waals surface area contributed by atoms with Crippen molar-refractivity contribution in [1.82, 2.24) is 4.90 Å². The normalized spacial score (nSPS) is 13.1. The number of nitrogens with one attached hydrogen (secondary N) is 2. The van der Waals surface area contributed by atoms with Crippen LogP contribution in [0, 0.1) is 0 Å². The Morgan fingerprint density at radius 3 is 2.45 bits per heavy atom. The number of thiophene rings is 1. The second-order valence-corrected chi connectivity index (χ2v) is 11.5. The fourth-order valence-electron chi connectivity index (χ4n) is 4.26. The molecule has 1 unspecified atom stereocenters. The van der Waals surface area contributed by atoms with Crippen LogP contribution in [0.1, 0.15) is 55.4 Å². The molecule has 0 bridgehead atoms. The fourth-order valence-corrected chi connectivity index (χ4v) is 6.44. The molecule has 1 atom stereocenters. The molecule has 10 nitrogen and oxygen atoms in total. The summed E-state index contributed by atoms with van der Waals surface area (Å²) in [5.74, 6) is -2.70. The molecular weight excluding hydrogens is 554 g/mol. The van der Waals surface area contributed by atoms with Gasteiger partial charge in [-0.3, -0.25) is 14.4 Å². The summed E-state index contributed by atoms with van der Waals surface area (Å²) >= 11 is 2.52. The minimum atomic E-state index is -1.20. The number of benzene rings is 2. The molecule has 0 radical (unpaired) electrons. The van der Waals surface area contributed by atoms with Crippen molar-refractivity contribution in [3.63, 3.8) is 0 Å². The van der Waals surface area contributed by atoms with Gasteiger partial charge in [-0.15, -0.1) is 23.1 Å². The molecule has 2 aromatic carbocycles. The molecule has 40 heavy (non-hydrogen) atoms. The summed E-state index contributed by atoms with van der Waals surface area (Å²) in [6, 6.07) is 12.8. The Morgan fingerprint density at radius 2 is 1.77 bits per heavy atom. The number of amides is 3. The molecule has 0 fully saturated rings. The summed E-state index contributed by atoms with van der Waals surface area (Å²) in [5, 5.41) is 14.7. The molecule has 0 aliphatic carbocycles. The molecule has 0 spiro atoms. The molecule has 1 aliphatic rings. The lowest BCUT2D eigenvalue weighted by atomic mass is 10.0. The number of hydrogen-bond acceptors (Lipinski definition) is 8. The molecule has 1 aliphatic heterocycles. The van der Waals surface area contributed by atoms with Crippen molar-refractivity contribution in [3.05, 3.63) is 75.7 Å². The van der Waals surface area contributed by atoms with E-state index in [0.29, 0.717) is 40.7 Å². The number of carboxylic acid groups (broad SMARTS) is 1. The van der Waals surface area contributed by atoms with Crippen LogP contribution in [0.5, 0.6) is 0 Å². The number of methoxy groups -OCH3 is 1. The lowest BCUT2D eigenvalue weighted by Gasteiger charge is -2.25. The third-order valence-electron chi connectivity index (χ3n) is 6.30. The lowest BCUT2D eigenvalue weighted by molar-refractivity contribution is -0.129. The number of fused-ring (bicyclic) bond motifs is 1. The lowest BCUT2D eigenvalue weighted by Crippen LogP contribution is -2.33. The second-order valence-electron chi connectivity index (χ2n) is 8.97. The number of carbonyl (C=O) groups is 5. The smallest absolute Gasteiger partial charge is 0.341 e. The molecule has 1 aromatic heterocycles. The Balaban J connectivity index is 1.47. The summed E-state index contributed by atoms with van der Waals surface area (Å²) in [5.41, 5.74) is 1.48. The first-order valence-electron chi connectivity index (χ1n) is 12.3. The highest BCUT2D eigenvalue weighted by Gasteiger charge is 2.30. The Labute approximate surface area is 238 Å². The van der Waals surface area contributed by atoms with E-state index >= 15 is 0 Å². The van der Waals surface area contributed by atoms with Gasteiger partial charge in [0.15, 0.2) is 0 Å². The zero-order valence-corrected chi connectivity index (χ0v) is 23.6. The van der Waals surface area contributed by atoms with Crippen molar-refractivity contribution in [2.24, 2.45) is 0 Å². The summed E-state index contributed by atoms with van der Waals surface area (Å²) < 4.78 is 4.97. The molecule has 4 rings (SSSR count). The summed E-state index contributed by atoms with van der Waals surface area (Å²) in [6.45, 7) is 4.07. The number of carbonyl (C=O) groups excluding carboxylic acids is 4. The van der Waals surface area contributed by atoms with E-state index in [1.54, 1.807) is 48.2 Å². The fraction of sp³-hybridized carbons (Fsp3) is 0.250. The minimum Gasteiger partial charge on any atom is -0.478 e. The van der Waals surface area contributed by atoms with Crippen molar-refractivity contribution >= 4 is 63.4 Å². The van der Waals surface area contributed by atoms with Gasteiger partial charge >= 0.3 is 11.9 Å². The van der Waals surface area contributed by atoms with Crippen molar-refractivity contribution in [3.8, 4) is 0 Å². The molecule has 2 heterocycles. The maximum absolute atomic E-state index is 13.1. The second kappa shape index (κ2) is 12.3. The van der Waals surface area contributed by atoms with Crippen molar-refractivity contribution < 1.29 is 33.8 Å². The van der Waals surface area contributed by atoms with E-state index in [9.17, 15) is 29.1 Å². The van der Waals surface area contributed by atoms with Gasteiger partial charge in [0.1, 0.15) is 5.00 Å². The van der Waals surface area contributed by atoms with Gasteiger partial charge in [0.25, 0.3) is 5.91 Å². The molecule has 208 valence electrons. The van der Waals surface area contributed by atoms with Crippen LogP contribution in [0.4, 0.5) is 10.7 Å². The van der Waals surface area contributed by atoms with Gasteiger partial charge in [-0.1, -0.05) is 18.2 Å². The first kappa shape index (κ1) is 28.8. The quantitative estimate of drug-likeness (QED) is 0.261. The average molecular weight is 582 g/mol. The molecular formula is C28H27N3O7S2. The van der Waals surface area contributed by atoms with Crippen LogP contribution >= 0.6 is 23.1 Å². The molecule has 3 aromatic rings. The van der Waals surface area contributed by atoms with Crippen LogP contribution in [0.25, 0.3) is 0 Å². The number of carboxylic acids is 1. The molecule has 12 heteroatoms. The van der Waals surface area contributed by atoms with E-state index in [-0.39, 0.29) is 22.9 Å². The largest absolute Gasteiger partial charge is 0.478 e. The van der Waals surface area contributed by atoms with Crippen LogP contribution < -0.4 is 10.6 Å². The number of rotatable bonds is 8. The van der Waals surface area contributed by atoms with Gasteiger partial charge in [0.05, 0.1) is 35.6 Å². The molecule has 3 amide bonds. The van der Waals surface area contributed by atoms with Gasteiger partial charge in [0, 0.05) is 28.9 Å². The van der Waals surface area contributed by atoms with E-state index in [4.69, 9.17) is 4.74 Å². The predicted molar refractivity (Wildman–Crippen MR) is 152 cm³/mol. The topological polar surface area (TPSA) is 142 Å². The standard InChI is InChI=1S/C28H27N3O7S2/c1-15(24(33)30-26-23(28(37)38-3)21-11-12-31(16(2)32)14-22(21)40-26)39-18-8-6-7-17(13-18)29-25(34)19-9-4-5-10-20(19)27(35)36/h4-10,13,15H,11-12,14H2,1-3H3,(H,29,34)(H,30,33)(H,35,36). The van der Waals surface area contributed by atoms with Crippen molar-refractivity contribution in [2.75, 3.05) is 24.3 Å². The van der Waals surface area contributed by atoms with Gasteiger partial charge in [-0.05, 0) is 49.2 Å². The number of ether oxygens (including phenoxy) is 1. The Morgan fingerprint density at radius 1 is 1.05 bits per heavy atom. The van der Waals surface area contributed by atoms with Crippen LogP contribution in [0.15, 0.2) is 53.4 Å². The number of hydrogen-bond donors (Lipinski definition) is 3. The highest BCUT2D eigenvalue weighted by molar-refractivity contribution is 8.00. The first-order chi connectivity index (χ1) is 19.1. The van der Waals surface area contributed by atoms with Crippen LogP contribution in [0.3, 0.4) is 0 Å². The molecule has 0 saturated heterocycles. The van der Waals surface area contributed by atoms with E-state index in [0.717, 1.165) is 10.4 Å². The third kappa shape index (κ3) is 6.35. The summed E-state index contributed by atoms with van der Waals surface area (Å²) in [6.07, 6.45) is 0.492. The first-order valence-corrected chi connectivity index (χ1v) is 14.0. The van der Waals surface area contributed by atoms with E-state index in [2.05, 4.69) is 10.6 Å². The summed E-state index contributed by atoms with van der Waals surface area (Å²) in [4.78, 5) is 65.0. The summed E-state index contributed by atoms with van der Waals surface area (Å²) in [7, 11) is 1.28. The monoisotopic (exact) mass is 581 g/mol. The SMILES string of the molecule is COC(=O)c1c(NC(=O)C(C)Sc2cccc(NC(=O)c3ccccc3C(=O)O)c2)sc2c1CCN(C(C)=O)C2. The predicted octanol–water partition coefficient (Wildman–Crippen LogP) is 4.51. The van der Waals surface area contributed by atoms with E-state index in [1.165, 1.54) is 49.3 Å². The van der Waals surface area contributed by atoms with Crippen molar-refractivity contribution in [2.45, 2.75) is 37.0 Å². The zero-order valence-electron chi connectivity index (χ0n) is 22.0. The van der Waals surface area contributed by atoms with Gasteiger partial charge in [-0.25, -0.2) is 9.59 Å². The maximum atomic E-state index is 13.1. The van der Waals surface area contributed by atoms with Crippen LogP contribution in [-0.4, -0.2) is 58.6 Å². The Bertz CT molecular complexity index is 1500. The average Bonchev–Trinajstić information content (AvgIpc) is 3.29. The van der Waals surface area contributed by atoms with Crippen molar-refractivity contribution in [1.29, 1.82) is 0 Å². The van der Waals surface area contributed by atoms with Gasteiger partial charge in [0.2, 0.25) is 11.8 Å². The number of nitrogens with zero attached hydrogens (tertiary/aromatic N) is 1. The number of esters is 1. The van der Waals surface area contributed by atoms with Crippen LogP contribution in [-0.2, 0) is 27.3 Å². The highest BCUT2D eigenvalue weighted by Crippen LogP contribution is 2.38. The number of anilines is 2. The zero-order chi connectivity index (χ0) is 29.0. The van der Waals surface area contributed by atoms with Crippen LogP contribution in [0.2, 0.25) is 0 Å². The number of thioether (sulfide) groups is 1. The molecule has 3 N–H and O–H groups in total. The highest BCUT2D eigenvalue weighted by atomic mass is 32.2. The van der Waals surface area contributed by atoms with Gasteiger partial charge < -0.3 is 25.4 Å². The Kier molecular flexibility index (Phi) is 8.90. The Hall–Kier alpha value is -4.16. The third-order valence-corrected chi connectivity index (χ3v) is 8.53. The molecule has 0 saturated carbocycles. The van der Waals surface area contributed by atoms with E-state index in [1.807, 2.05) is 0 Å². The van der Waals surface area contributed by atoms with Gasteiger partial charge in [-0.2, -0.15) is 0 Å². The minimum absolute atomic E-state index is 0.0345. The maximum Gasteiger partial charge on any atom is 0.341 e. The number of aromatic carboxylic acids is 1.